The number of thiophene rings is 1. The molecule has 0 radical (unpaired) electrons. The lowest BCUT2D eigenvalue weighted by molar-refractivity contribution is 0.176. The van der Waals surface area contributed by atoms with Gasteiger partial charge >= 0.3 is 0 Å². The lowest BCUT2D eigenvalue weighted by atomic mass is 10.1. The molecule has 124 valence electrons. The number of aliphatic hydroxyl groups excluding tert-OH is 1. The number of guanidine groups is 1. The second-order valence-corrected chi connectivity index (χ2v) is 6.14. The van der Waals surface area contributed by atoms with Crippen LogP contribution in [0.2, 0.25) is 0 Å². The monoisotopic (exact) mass is 335 g/mol. The topological polar surface area (TPSA) is 56.7 Å². The number of rotatable bonds is 6. The summed E-state index contributed by atoms with van der Waals surface area (Å²) in [6.07, 6.45) is -0.927. The molecule has 0 aliphatic rings. The zero-order valence-electron chi connectivity index (χ0n) is 13.3. The van der Waals surface area contributed by atoms with Gasteiger partial charge in [0.05, 0.1) is 12.6 Å². The van der Waals surface area contributed by atoms with Gasteiger partial charge in [-0.3, -0.25) is 0 Å². The van der Waals surface area contributed by atoms with Crippen molar-refractivity contribution in [2.24, 2.45) is 4.99 Å². The summed E-state index contributed by atoms with van der Waals surface area (Å²) < 4.78 is 13.7. The molecule has 0 aliphatic carbocycles. The molecular weight excluding hydrogens is 313 g/mol. The minimum absolute atomic E-state index is 0.191. The van der Waals surface area contributed by atoms with Gasteiger partial charge in [-0.25, -0.2) is 9.38 Å². The first kappa shape index (κ1) is 17.4. The highest BCUT2D eigenvalue weighted by Crippen LogP contribution is 2.17. The van der Waals surface area contributed by atoms with Gasteiger partial charge in [0, 0.05) is 23.5 Å². The number of aryl methyl sites for hydroxylation is 1. The van der Waals surface area contributed by atoms with Gasteiger partial charge in [-0.15, -0.1) is 11.3 Å². The van der Waals surface area contributed by atoms with Crippen molar-refractivity contribution in [1.82, 2.24) is 10.6 Å². The van der Waals surface area contributed by atoms with Crippen LogP contribution >= 0.6 is 11.3 Å². The van der Waals surface area contributed by atoms with E-state index in [1.807, 2.05) is 12.3 Å². The third kappa shape index (κ3) is 5.04. The lowest BCUT2D eigenvalue weighted by Gasteiger charge is -2.16. The quantitative estimate of drug-likeness (QED) is 0.562. The van der Waals surface area contributed by atoms with Crippen LogP contribution in [0, 0.1) is 12.7 Å². The van der Waals surface area contributed by atoms with E-state index in [9.17, 15) is 9.50 Å². The summed E-state index contributed by atoms with van der Waals surface area (Å²) in [5.74, 6) is 0.202. The molecular formula is C17H22FN3OS. The second-order valence-electron chi connectivity index (χ2n) is 5.14. The molecule has 1 unspecified atom stereocenters. The first-order valence-corrected chi connectivity index (χ1v) is 8.47. The Bertz CT molecular complexity index is 657. The van der Waals surface area contributed by atoms with Gasteiger partial charge in [0.2, 0.25) is 0 Å². The van der Waals surface area contributed by atoms with Crippen LogP contribution in [-0.4, -0.2) is 24.2 Å². The minimum atomic E-state index is -0.927. The summed E-state index contributed by atoms with van der Waals surface area (Å²) in [6, 6.07) is 8.31. The molecule has 0 saturated heterocycles. The van der Waals surface area contributed by atoms with Crippen LogP contribution in [0.5, 0.6) is 0 Å². The molecule has 1 aromatic heterocycles. The zero-order chi connectivity index (χ0) is 16.7. The number of hydrogen-bond donors (Lipinski definition) is 3. The highest BCUT2D eigenvalue weighted by molar-refractivity contribution is 7.10. The van der Waals surface area contributed by atoms with Crippen molar-refractivity contribution in [3.63, 3.8) is 0 Å². The third-order valence-electron chi connectivity index (χ3n) is 3.42. The lowest BCUT2D eigenvalue weighted by Crippen LogP contribution is -2.39. The predicted octanol–water partition coefficient (Wildman–Crippen LogP) is 2.98. The fourth-order valence-electron chi connectivity index (χ4n) is 2.11. The van der Waals surface area contributed by atoms with E-state index >= 15 is 0 Å². The summed E-state index contributed by atoms with van der Waals surface area (Å²) in [6.45, 7) is 5.51. The fraction of sp³-hybridized carbons (Fsp3) is 0.353. The van der Waals surface area contributed by atoms with Crippen molar-refractivity contribution in [2.45, 2.75) is 26.5 Å². The van der Waals surface area contributed by atoms with E-state index < -0.39 is 11.9 Å². The Morgan fingerprint density at radius 2 is 2.09 bits per heavy atom. The maximum absolute atomic E-state index is 13.7. The average Bonchev–Trinajstić information content (AvgIpc) is 2.95. The van der Waals surface area contributed by atoms with Gasteiger partial charge in [0.15, 0.2) is 5.96 Å². The molecule has 4 nitrogen and oxygen atoms in total. The SMILES string of the molecule is CCNC(=NCc1sccc1C)NCC(O)c1ccccc1F. The van der Waals surface area contributed by atoms with E-state index in [0.29, 0.717) is 19.0 Å². The summed E-state index contributed by atoms with van der Waals surface area (Å²) in [5.41, 5.74) is 1.51. The van der Waals surface area contributed by atoms with E-state index in [0.717, 1.165) is 0 Å². The predicted molar refractivity (Wildman–Crippen MR) is 93.2 cm³/mol. The number of halogens is 1. The minimum Gasteiger partial charge on any atom is -0.386 e. The Balaban J connectivity index is 1.96. The van der Waals surface area contributed by atoms with E-state index in [2.05, 4.69) is 28.6 Å². The molecule has 1 heterocycles. The summed E-state index contributed by atoms with van der Waals surface area (Å²) in [7, 11) is 0. The molecule has 2 rings (SSSR count). The number of benzene rings is 1. The molecule has 0 fully saturated rings. The number of nitrogens with one attached hydrogen (secondary N) is 2. The molecule has 23 heavy (non-hydrogen) atoms. The van der Waals surface area contributed by atoms with Gasteiger partial charge < -0.3 is 15.7 Å². The molecule has 2 aromatic rings. The molecule has 0 bridgehead atoms. The van der Waals surface area contributed by atoms with Crippen LogP contribution in [-0.2, 0) is 6.54 Å². The number of aliphatic imine (C=N–C) groups is 1. The van der Waals surface area contributed by atoms with E-state index in [1.165, 1.54) is 16.5 Å². The van der Waals surface area contributed by atoms with E-state index in [1.54, 1.807) is 29.5 Å². The highest BCUT2D eigenvalue weighted by atomic mass is 32.1. The highest BCUT2D eigenvalue weighted by Gasteiger charge is 2.12. The number of aliphatic hydroxyl groups is 1. The van der Waals surface area contributed by atoms with Crippen LogP contribution < -0.4 is 10.6 Å². The van der Waals surface area contributed by atoms with Crippen LogP contribution in [0.25, 0.3) is 0 Å². The van der Waals surface area contributed by atoms with Crippen molar-refractivity contribution in [1.29, 1.82) is 0 Å². The van der Waals surface area contributed by atoms with E-state index in [4.69, 9.17) is 0 Å². The summed E-state index contributed by atoms with van der Waals surface area (Å²) in [5, 5.41) is 18.4. The Morgan fingerprint density at radius 3 is 2.74 bits per heavy atom. The van der Waals surface area contributed by atoms with Crippen molar-refractivity contribution in [3.8, 4) is 0 Å². The first-order valence-electron chi connectivity index (χ1n) is 7.59. The Labute approximate surface area is 140 Å². The normalized spacial score (nSPS) is 13.0. The molecule has 3 N–H and O–H groups in total. The fourth-order valence-corrected chi connectivity index (χ4v) is 2.94. The molecule has 0 amide bonds. The maximum Gasteiger partial charge on any atom is 0.191 e. The Kier molecular flexibility index (Phi) is 6.55. The molecule has 0 saturated carbocycles. The molecule has 0 aliphatic heterocycles. The van der Waals surface area contributed by atoms with Gasteiger partial charge in [-0.05, 0) is 36.9 Å². The van der Waals surface area contributed by atoms with Gasteiger partial charge in [0.25, 0.3) is 0 Å². The standard InChI is InChI=1S/C17H22FN3OS/c1-3-19-17(21-11-16-12(2)8-9-23-16)20-10-15(22)13-6-4-5-7-14(13)18/h4-9,15,22H,3,10-11H2,1-2H3,(H2,19,20,21). The Hall–Kier alpha value is -1.92. The summed E-state index contributed by atoms with van der Waals surface area (Å²) >= 11 is 1.67. The van der Waals surface area contributed by atoms with Crippen molar-refractivity contribution < 1.29 is 9.50 Å². The van der Waals surface area contributed by atoms with Crippen molar-refractivity contribution in [3.05, 3.63) is 57.5 Å². The van der Waals surface area contributed by atoms with Crippen molar-refractivity contribution in [2.75, 3.05) is 13.1 Å². The van der Waals surface area contributed by atoms with Crippen LogP contribution in [0.15, 0.2) is 40.7 Å². The zero-order valence-corrected chi connectivity index (χ0v) is 14.2. The maximum atomic E-state index is 13.7. The van der Waals surface area contributed by atoms with Crippen LogP contribution in [0.1, 0.15) is 29.0 Å². The second kappa shape index (κ2) is 8.64. The molecule has 6 heteroatoms. The summed E-state index contributed by atoms with van der Waals surface area (Å²) in [4.78, 5) is 5.71. The van der Waals surface area contributed by atoms with Gasteiger partial charge in [0.1, 0.15) is 5.82 Å². The Morgan fingerprint density at radius 1 is 1.30 bits per heavy atom. The first-order chi connectivity index (χ1) is 11.1. The molecule has 0 spiro atoms. The van der Waals surface area contributed by atoms with Crippen molar-refractivity contribution >= 4 is 17.3 Å². The third-order valence-corrected chi connectivity index (χ3v) is 4.43. The van der Waals surface area contributed by atoms with Gasteiger partial charge in [-0.1, -0.05) is 18.2 Å². The molecule has 1 atom stereocenters. The molecule has 1 aromatic carbocycles. The average molecular weight is 335 g/mol. The van der Waals surface area contributed by atoms with Crippen LogP contribution in [0.3, 0.4) is 0 Å². The van der Waals surface area contributed by atoms with E-state index in [-0.39, 0.29) is 12.1 Å². The number of hydrogen-bond acceptors (Lipinski definition) is 3. The smallest absolute Gasteiger partial charge is 0.191 e. The largest absolute Gasteiger partial charge is 0.386 e. The van der Waals surface area contributed by atoms with Gasteiger partial charge in [-0.2, -0.15) is 0 Å². The van der Waals surface area contributed by atoms with Crippen LogP contribution in [0.4, 0.5) is 4.39 Å². The number of nitrogens with zero attached hydrogens (tertiary/aromatic N) is 1.